The molecule has 202 valence electrons. The molecule has 6 heteroatoms. The lowest BCUT2D eigenvalue weighted by Crippen LogP contribution is -2.56. The largest absolute Gasteiger partial charge is 0.481 e. The highest BCUT2D eigenvalue weighted by atomic mass is 16.7. The van der Waals surface area contributed by atoms with Crippen LogP contribution in [-0.4, -0.2) is 41.5 Å². The Balaban J connectivity index is 1.16. The Kier molecular flexibility index (Phi) is 6.07. The van der Waals surface area contributed by atoms with E-state index in [2.05, 4.69) is 33.0 Å². The van der Waals surface area contributed by atoms with Gasteiger partial charge in [0, 0.05) is 18.4 Å². The zero-order valence-corrected chi connectivity index (χ0v) is 22.8. The highest BCUT2D eigenvalue weighted by molar-refractivity contribution is 5.93. The number of aliphatic carboxylic acids is 1. The lowest BCUT2D eigenvalue weighted by atomic mass is 9.44. The number of carbonyl (C=O) groups excluding carboxylic acids is 1. The van der Waals surface area contributed by atoms with Gasteiger partial charge in [0.1, 0.15) is 6.42 Å². The number of nitrogens with one attached hydrogen (secondary N) is 1. The molecule has 2 heterocycles. The molecular weight excluding hydrogens is 454 g/mol. The van der Waals surface area contributed by atoms with E-state index in [1.807, 2.05) is 0 Å². The number of hydrogen-bond donors (Lipinski definition) is 2. The first-order chi connectivity index (χ1) is 17.1. The van der Waals surface area contributed by atoms with Crippen LogP contribution in [0.5, 0.6) is 0 Å². The molecule has 2 N–H and O–H groups in total. The fourth-order valence-corrected chi connectivity index (χ4v) is 10.8. The Hall–Kier alpha value is -1.14. The predicted octanol–water partition coefficient (Wildman–Crippen LogP) is 5.39. The van der Waals surface area contributed by atoms with Crippen LogP contribution in [0.25, 0.3) is 0 Å². The summed E-state index contributed by atoms with van der Waals surface area (Å²) < 4.78 is 13.4. The third kappa shape index (κ3) is 3.71. The summed E-state index contributed by atoms with van der Waals surface area (Å²) in [6.07, 6.45) is 11.7. The number of amides is 1. The van der Waals surface area contributed by atoms with E-state index in [0.29, 0.717) is 40.6 Å². The minimum absolute atomic E-state index is 0.134. The summed E-state index contributed by atoms with van der Waals surface area (Å²) in [7, 11) is 0. The first-order valence-corrected chi connectivity index (χ1v) is 14.9. The maximum Gasteiger partial charge on any atom is 0.312 e. The minimum Gasteiger partial charge on any atom is -0.481 e. The van der Waals surface area contributed by atoms with Crippen molar-refractivity contribution in [3.8, 4) is 0 Å². The van der Waals surface area contributed by atoms with Crippen LogP contribution in [0.15, 0.2) is 0 Å². The molecule has 1 spiro atoms. The van der Waals surface area contributed by atoms with Crippen molar-refractivity contribution in [3.63, 3.8) is 0 Å². The zero-order valence-electron chi connectivity index (χ0n) is 22.8. The normalized spacial score (nSPS) is 53.7. The lowest BCUT2D eigenvalue weighted by Gasteiger charge is -2.61. The molecular formula is C30H47NO5. The summed E-state index contributed by atoms with van der Waals surface area (Å²) in [4.78, 5) is 23.0. The third-order valence-corrected chi connectivity index (χ3v) is 12.6. The van der Waals surface area contributed by atoms with Gasteiger partial charge in [-0.05, 0) is 104 Å². The maximum atomic E-state index is 12.1. The van der Waals surface area contributed by atoms with Crippen LogP contribution in [0.1, 0.15) is 98.3 Å². The van der Waals surface area contributed by atoms with Gasteiger partial charge in [0.25, 0.3) is 0 Å². The summed E-state index contributed by atoms with van der Waals surface area (Å²) in [6.45, 7) is 10.7. The van der Waals surface area contributed by atoms with E-state index in [-0.39, 0.29) is 17.7 Å². The van der Waals surface area contributed by atoms with Crippen LogP contribution in [0.3, 0.4) is 0 Å². The topological polar surface area (TPSA) is 84.9 Å². The first-order valence-electron chi connectivity index (χ1n) is 14.9. The van der Waals surface area contributed by atoms with Crippen LogP contribution in [0.4, 0.5) is 0 Å². The number of fused-ring (bicyclic) bond motifs is 7. The van der Waals surface area contributed by atoms with E-state index >= 15 is 0 Å². The van der Waals surface area contributed by atoms with Crippen molar-refractivity contribution in [2.45, 2.75) is 116 Å². The summed E-state index contributed by atoms with van der Waals surface area (Å²) in [5.41, 5.74) is 0.693. The zero-order chi connectivity index (χ0) is 25.5. The van der Waals surface area contributed by atoms with E-state index in [0.717, 1.165) is 50.0 Å². The molecule has 36 heavy (non-hydrogen) atoms. The highest BCUT2D eigenvalue weighted by Crippen LogP contribution is 2.71. The molecule has 0 aromatic carbocycles. The van der Waals surface area contributed by atoms with Crippen molar-refractivity contribution in [2.24, 2.45) is 52.3 Å². The van der Waals surface area contributed by atoms with Crippen LogP contribution < -0.4 is 5.32 Å². The number of hydrogen-bond acceptors (Lipinski definition) is 4. The molecule has 5 unspecified atom stereocenters. The van der Waals surface area contributed by atoms with Crippen molar-refractivity contribution in [1.29, 1.82) is 0 Å². The van der Waals surface area contributed by atoms with E-state index < -0.39 is 12.4 Å². The van der Waals surface area contributed by atoms with Gasteiger partial charge < -0.3 is 19.9 Å². The standard InChI is InChI=1S/C30H47NO5/c1-17-7-12-30(35-16-17)18(2)27-24(36-30)14-23-21-6-5-19-13-20(31-25(32)15-26(33)34)8-10-28(19,3)22(21)9-11-29(23,27)4/h17-24,27H,5-16H2,1-4H3,(H,31,32)(H,33,34)/t17-,18-,19+,20+,21?,22?,23?,24?,27?,28-,29-,30+/m0/s1. The first kappa shape index (κ1) is 25.2. The number of carboxylic acid groups (broad SMARTS) is 1. The van der Waals surface area contributed by atoms with Crippen LogP contribution in [-0.2, 0) is 19.1 Å². The number of ether oxygens (including phenoxy) is 2. The number of carboxylic acids is 1. The molecule has 6 fully saturated rings. The average Bonchev–Trinajstić information content (AvgIpc) is 3.26. The second-order valence-corrected chi connectivity index (χ2v) is 14.3. The maximum absolute atomic E-state index is 12.1. The number of carbonyl (C=O) groups is 2. The van der Waals surface area contributed by atoms with Crippen molar-refractivity contribution >= 4 is 11.9 Å². The molecule has 4 aliphatic carbocycles. The Labute approximate surface area is 216 Å². The van der Waals surface area contributed by atoms with Gasteiger partial charge in [0.2, 0.25) is 5.91 Å². The minimum atomic E-state index is -1.05. The predicted molar refractivity (Wildman–Crippen MR) is 136 cm³/mol. The Bertz CT molecular complexity index is 898. The van der Waals surface area contributed by atoms with Crippen LogP contribution in [0.2, 0.25) is 0 Å². The Morgan fingerprint density at radius 3 is 2.44 bits per heavy atom. The lowest BCUT2D eigenvalue weighted by molar-refractivity contribution is -0.273. The van der Waals surface area contributed by atoms with Crippen molar-refractivity contribution in [2.75, 3.05) is 6.61 Å². The van der Waals surface area contributed by atoms with Gasteiger partial charge in [0.15, 0.2) is 5.79 Å². The summed E-state index contributed by atoms with van der Waals surface area (Å²) in [6, 6.07) is 0.134. The smallest absolute Gasteiger partial charge is 0.312 e. The van der Waals surface area contributed by atoms with E-state index in [9.17, 15) is 9.59 Å². The van der Waals surface area contributed by atoms with Crippen molar-refractivity contribution < 1.29 is 24.2 Å². The van der Waals surface area contributed by atoms with Gasteiger partial charge in [-0.3, -0.25) is 9.59 Å². The SMILES string of the molecule is C[C@H]1CC[C@@]2(OC1)OC1CC3C4CC[C@@H]5C[C@H](NC(=O)CC(=O)O)CC[C@]5(C)C4CC[C@]3(C)C1[C@@H]2C. The van der Waals surface area contributed by atoms with E-state index in [1.165, 1.54) is 38.5 Å². The molecule has 0 bridgehead atoms. The van der Waals surface area contributed by atoms with Gasteiger partial charge >= 0.3 is 5.97 Å². The van der Waals surface area contributed by atoms with Crippen LogP contribution >= 0.6 is 0 Å². The fraction of sp³-hybridized carbons (Fsp3) is 0.933. The molecule has 2 saturated heterocycles. The Morgan fingerprint density at radius 2 is 1.72 bits per heavy atom. The average molecular weight is 502 g/mol. The molecule has 12 atom stereocenters. The van der Waals surface area contributed by atoms with Gasteiger partial charge in [-0.15, -0.1) is 0 Å². The summed E-state index contributed by atoms with van der Waals surface area (Å²) in [5.74, 6) is 2.94. The molecule has 2 aliphatic heterocycles. The fourth-order valence-electron chi connectivity index (χ4n) is 10.8. The summed E-state index contributed by atoms with van der Waals surface area (Å²) >= 11 is 0. The molecule has 1 amide bonds. The molecule has 0 radical (unpaired) electrons. The van der Waals surface area contributed by atoms with Gasteiger partial charge in [0.05, 0.1) is 12.7 Å². The van der Waals surface area contributed by atoms with Crippen LogP contribution in [0, 0.1) is 52.3 Å². The molecule has 0 aromatic heterocycles. The van der Waals surface area contributed by atoms with E-state index in [4.69, 9.17) is 14.6 Å². The quantitative estimate of drug-likeness (QED) is 0.506. The van der Waals surface area contributed by atoms with Gasteiger partial charge in [-0.2, -0.15) is 0 Å². The summed E-state index contributed by atoms with van der Waals surface area (Å²) in [5, 5.41) is 12.0. The molecule has 4 saturated carbocycles. The molecule has 6 nitrogen and oxygen atoms in total. The number of rotatable bonds is 3. The monoisotopic (exact) mass is 501 g/mol. The Morgan fingerprint density at radius 1 is 0.944 bits per heavy atom. The molecule has 6 rings (SSSR count). The van der Waals surface area contributed by atoms with Crippen molar-refractivity contribution in [1.82, 2.24) is 5.32 Å². The molecule has 0 aromatic rings. The highest BCUT2D eigenvalue weighted by Gasteiger charge is 2.69. The van der Waals surface area contributed by atoms with E-state index in [1.54, 1.807) is 0 Å². The van der Waals surface area contributed by atoms with Gasteiger partial charge in [-0.25, -0.2) is 0 Å². The molecule has 6 aliphatic rings. The second kappa shape index (κ2) is 8.69. The third-order valence-electron chi connectivity index (χ3n) is 12.6. The van der Waals surface area contributed by atoms with Gasteiger partial charge in [-0.1, -0.05) is 27.7 Å². The van der Waals surface area contributed by atoms with Crippen molar-refractivity contribution in [3.05, 3.63) is 0 Å². The second-order valence-electron chi connectivity index (χ2n) is 14.3.